The molecule has 5 nitrogen and oxygen atoms in total. The van der Waals surface area contributed by atoms with Gasteiger partial charge in [0.1, 0.15) is 11.6 Å². The molecule has 1 unspecified atom stereocenters. The average molecular weight is 303 g/mol. The second kappa shape index (κ2) is 6.99. The Hall–Kier alpha value is -2.21. The van der Waals surface area contributed by atoms with Crippen molar-refractivity contribution in [3.63, 3.8) is 0 Å². The lowest BCUT2D eigenvalue weighted by Crippen LogP contribution is -2.22. The molecule has 1 heterocycles. The van der Waals surface area contributed by atoms with Crippen LogP contribution in [-0.4, -0.2) is 23.3 Å². The first-order chi connectivity index (χ1) is 10.1. The Bertz CT molecular complexity index is 617. The van der Waals surface area contributed by atoms with Gasteiger partial charge in [0.2, 0.25) is 5.91 Å². The average Bonchev–Trinajstić information content (AvgIpc) is 2.50. The number of benzene rings is 1. The monoisotopic (exact) mass is 303 g/mol. The summed E-state index contributed by atoms with van der Waals surface area (Å²) in [5.41, 5.74) is 6.20. The quantitative estimate of drug-likeness (QED) is 0.831. The number of anilines is 2. The summed E-state index contributed by atoms with van der Waals surface area (Å²) >= 11 is 1.42. The van der Waals surface area contributed by atoms with E-state index >= 15 is 0 Å². The molecule has 0 bridgehead atoms. The van der Waals surface area contributed by atoms with Crippen LogP contribution in [0.2, 0.25) is 0 Å². The Morgan fingerprint density at radius 3 is 2.76 bits per heavy atom. The van der Waals surface area contributed by atoms with Gasteiger partial charge in [-0.1, -0.05) is 12.1 Å². The number of ether oxygens (including phenoxy) is 1. The van der Waals surface area contributed by atoms with Gasteiger partial charge < -0.3 is 15.8 Å². The molecule has 0 spiro atoms. The third-order valence-corrected chi connectivity index (χ3v) is 3.89. The summed E-state index contributed by atoms with van der Waals surface area (Å²) in [5.74, 6) is 1.00. The second-order valence-electron chi connectivity index (χ2n) is 4.37. The highest BCUT2D eigenvalue weighted by atomic mass is 32.2. The number of amides is 1. The molecule has 0 aliphatic heterocycles. The van der Waals surface area contributed by atoms with Crippen molar-refractivity contribution in [3.8, 4) is 5.75 Å². The number of nitrogen functional groups attached to an aromatic ring is 1. The molecule has 3 N–H and O–H groups in total. The number of aromatic nitrogens is 1. The van der Waals surface area contributed by atoms with E-state index in [0.29, 0.717) is 17.3 Å². The summed E-state index contributed by atoms with van der Waals surface area (Å²) in [6.07, 6.45) is 1.66. The van der Waals surface area contributed by atoms with Gasteiger partial charge in [0, 0.05) is 11.1 Å². The van der Waals surface area contributed by atoms with E-state index in [2.05, 4.69) is 10.3 Å². The SMILES string of the molecule is COc1ccccc1NC(=O)C(C)Sc1ccc(N)nc1. The number of carbonyl (C=O) groups excluding carboxylic acids is 1. The van der Waals surface area contributed by atoms with Crippen LogP contribution >= 0.6 is 11.8 Å². The van der Waals surface area contributed by atoms with Gasteiger partial charge in [-0.2, -0.15) is 0 Å². The Balaban J connectivity index is 2.01. The van der Waals surface area contributed by atoms with Crippen molar-refractivity contribution in [2.45, 2.75) is 17.1 Å². The fraction of sp³-hybridized carbons (Fsp3) is 0.200. The van der Waals surface area contributed by atoms with Crippen LogP contribution in [0.15, 0.2) is 47.5 Å². The van der Waals surface area contributed by atoms with Crippen molar-refractivity contribution in [2.75, 3.05) is 18.2 Å². The molecule has 0 aliphatic rings. The van der Waals surface area contributed by atoms with Gasteiger partial charge in [-0.3, -0.25) is 4.79 Å². The molecule has 6 heteroatoms. The minimum atomic E-state index is -0.264. The van der Waals surface area contributed by atoms with E-state index in [9.17, 15) is 4.79 Å². The van der Waals surface area contributed by atoms with Crippen molar-refractivity contribution in [2.24, 2.45) is 0 Å². The largest absolute Gasteiger partial charge is 0.495 e. The molecule has 0 saturated carbocycles. The van der Waals surface area contributed by atoms with Crippen LogP contribution in [0.5, 0.6) is 5.75 Å². The number of carbonyl (C=O) groups is 1. The molecule has 2 rings (SSSR count). The zero-order chi connectivity index (χ0) is 15.2. The first-order valence-corrected chi connectivity index (χ1v) is 7.30. The molecule has 1 aromatic carbocycles. The number of methoxy groups -OCH3 is 1. The summed E-state index contributed by atoms with van der Waals surface area (Å²) in [7, 11) is 1.57. The minimum Gasteiger partial charge on any atom is -0.495 e. The summed E-state index contributed by atoms with van der Waals surface area (Å²) in [6, 6.07) is 10.9. The lowest BCUT2D eigenvalue weighted by atomic mass is 10.3. The van der Waals surface area contributed by atoms with E-state index in [4.69, 9.17) is 10.5 Å². The maximum Gasteiger partial charge on any atom is 0.237 e. The van der Waals surface area contributed by atoms with Crippen LogP contribution in [0.3, 0.4) is 0 Å². The molecule has 0 radical (unpaired) electrons. The summed E-state index contributed by atoms with van der Waals surface area (Å²) in [6.45, 7) is 1.84. The number of rotatable bonds is 5. The van der Waals surface area contributed by atoms with E-state index in [-0.39, 0.29) is 11.2 Å². The number of nitrogens with two attached hydrogens (primary N) is 1. The van der Waals surface area contributed by atoms with Crippen LogP contribution in [0, 0.1) is 0 Å². The summed E-state index contributed by atoms with van der Waals surface area (Å²) in [5, 5.41) is 2.60. The van der Waals surface area contributed by atoms with Crippen molar-refractivity contribution >= 4 is 29.2 Å². The Morgan fingerprint density at radius 1 is 1.33 bits per heavy atom. The number of para-hydroxylation sites is 2. The molecule has 1 aromatic heterocycles. The first kappa shape index (κ1) is 15.2. The van der Waals surface area contributed by atoms with E-state index in [1.165, 1.54) is 11.8 Å². The van der Waals surface area contributed by atoms with Crippen molar-refractivity contribution in [1.29, 1.82) is 0 Å². The Labute approximate surface area is 127 Å². The minimum absolute atomic E-state index is 0.0960. The molecule has 21 heavy (non-hydrogen) atoms. The normalized spacial score (nSPS) is 11.7. The summed E-state index contributed by atoms with van der Waals surface area (Å²) < 4.78 is 5.21. The molecule has 1 atom stereocenters. The third kappa shape index (κ3) is 4.13. The van der Waals surface area contributed by atoms with Gasteiger partial charge >= 0.3 is 0 Å². The second-order valence-corrected chi connectivity index (χ2v) is 5.78. The number of pyridine rings is 1. The zero-order valence-electron chi connectivity index (χ0n) is 11.9. The van der Waals surface area contributed by atoms with Gasteiger partial charge in [-0.05, 0) is 31.2 Å². The Kier molecular flexibility index (Phi) is 5.05. The zero-order valence-corrected chi connectivity index (χ0v) is 12.7. The van der Waals surface area contributed by atoms with Crippen LogP contribution in [0.1, 0.15) is 6.92 Å². The lowest BCUT2D eigenvalue weighted by Gasteiger charge is -2.14. The molecule has 0 aliphatic carbocycles. The van der Waals surface area contributed by atoms with E-state index < -0.39 is 0 Å². The standard InChI is InChI=1S/C15H17N3O2S/c1-10(21-11-7-8-14(16)17-9-11)15(19)18-12-5-3-4-6-13(12)20-2/h3-10H,1-2H3,(H2,16,17)(H,18,19). The Morgan fingerprint density at radius 2 is 2.10 bits per heavy atom. The van der Waals surface area contributed by atoms with Gasteiger partial charge in [0.15, 0.2) is 0 Å². The van der Waals surface area contributed by atoms with E-state index in [0.717, 1.165) is 4.90 Å². The number of nitrogens with zero attached hydrogens (tertiary/aromatic N) is 1. The van der Waals surface area contributed by atoms with Crippen molar-refractivity contribution in [3.05, 3.63) is 42.6 Å². The molecule has 0 saturated heterocycles. The van der Waals surface area contributed by atoms with Crippen LogP contribution in [0.4, 0.5) is 11.5 Å². The van der Waals surface area contributed by atoms with Crippen LogP contribution in [0.25, 0.3) is 0 Å². The molecule has 0 fully saturated rings. The van der Waals surface area contributed by atoms with Gasteiger partial charge in [0.05, 0.1) is 18.0 Å². The van der Waals surface area contributed by atoms with Crippen LogP contribution in [-0.2, 0) is 4.79 Å². The number of hydrogen-bond donors (Lipinski definition) is 2. The molecule has 110 valence electrons. The number of hydrogen-bond acceptors (Lipinski definition) is 5. The van der Waals surface area contributed by atoms with Gasteiger partial charge in [-0.15, -0.1) is 11.8 Å². The van der Waals surface area contributed by atoms with Crippen molar-refractivity contribution < 1.29 is 9.53 Å². The third-order valence-electron chi connectivity index (χ3n) is 2.81. The predicted octanol–water partition coefficient (Wildman–Crippen LogP) is 2.79. The highest BCUT2D eigenvalue weighted by Gasteiger charge is 2.16. The van der Waals surface area contributed by atoms with E-state index in [1.54, 1.807) is 31.5 Å². The maximum absolute atomic E-state index is 12.2. The molecular formula is C15H17N3O2S. The highest BCUT2D eigenvalue weighted by molar-refractivity contribution is 8.00. The fourth-order valence-electron chi connectivity index (χ4n) is 1.70. The predicted molar refractivity (Wildman–Crippen MR) is 85.6 cm³/mol. The van der Waals surface area contributed by atoms with Gasteiger partial charge in [-0.25, -0.2) is 4.98 Å². The van der Waals surface area contributed by atoms with Gasteiger partial charge in [0.25, 0.3) is 0 Å². The topological polar surface area (TPSA) is 77.2 Å². The number of nitrogens with one attached hydrogen (secondary N) is 1. The highest BCUT2D eigenvalue weighted by Crippen LogP contribution is 2.27. The van der Waals surface area contributed by atoms with Crippen LogP contribution < -0.4 is 15.8 Å². The molecular weight excluding hydrogens is 286 g/mol. The molecule has 1 amide bonds. The first-order valence-electron chi connectivity index (χ1n) is 6.42. The molecule has 2 aromatic rings. The fourth-order valence-corrected chi connectivity index (χ4v) is 2.54. The van der Waals surface area contributed by atoms with Crippen molar-refractivity contribution in [1.82, 2.24) is 4.98 Å². The lowest BCUT2D eigenvalue weighted by molar-refractivity contribution is -0.115. The number of thioether (sulfide) groups is 1. The smallest absolute Gasteiger partial charge is 0.237 e. The maximum atomic E-state index is 12.2. The van der Waals surface area contributed by atoms with E-state index in [1.807, 2.05) is 25.1 Å². The summed E-state index contributed by atoms with van der Waals surface area (Å²) in [4.78, 5) is 17.1.